The molecule has 0 heterocycles. The molecule has 0 saturated carbocycles. The van der Waals surface area contributed by atoms with E-state index in [1.54, 1.807) is 7.11 Å². The van der Waals surface area contributed by atoms with Gasteiger partial charge in [-0.25, -0.2) is 0 Å². The van der Waals surface area contributed by atoms with Gasteiger partial charge < -0.3 is 0 Å². The maximum absolute atomic E-state index is 5.68. The fourth-order valence-corrected chi connectivity index (χ4v) is 7.13. The van der Waals surface area contributed by atoms with E-state index in [1.165, 1.54) is 15.9 Å². The van der Waals surface area contributed by atoms with Crippen molar-refractivity contribution in [3.63, 3.8) is 0 Å². The molecule has 0 aliphatic heterocycles. The van der Waals surface area contributed by atoms with Crippen LogP contribution in [-0.4, -0.2) is 13.5 Å². The second kappa shape index (κ2) is 7.89. The zero-order valence-electron chi connectivity index (χ0n) is 13.0. The minimum atomic E-state index is -2.25. The first-order valence-electron chi connectivity index (χ1n) is 7.35. The average molecular weight is 310 g/mol. The molecule has 0 unspecified atom stereocenters. The number of hydrogen-bond acceptors (Lipinski definition) is 1. The van der Waals surface area contributed by atoms with Crippen molar-refractivity contribution >= 4 is 17.9 Å². The SMILES string of the molecule is C=C/C=C(\C=C)[PH](COC)(c1ccccc1)c1ccccc1. The summed E-state index contributed by atoms with van der Waals surface area (Å²) in [7, 11) is -0.482. The average Bonchev–Trinajstić information content (AvgIpc) is 2.59. The Morgan fingerprint density at radius 1 is 0.955 bits per heavy atom. The molecule has 0 amide bonds. The zero-order chi connectivity index (χ0) is 15.8. The molecule has 0 fully saturated rings. The molecule has 2 aromatic rings. The van der Waals surface area contributed by atoms with Gasteiger partial charge in [-0.2, -0.15) is 0 Å². The van der Waals surface area contributed by atoms with Crippen LogP contribution in [0.4, 0.5) is 0 Å². The van der Waals surface area contributed by atoms with Crippen LogP contribution >= 0.6 is 7.26 Å². The van der Waals surface area contributed by atoms with Gasteiger partial charge in [0.1, 0.15) is 0 Å². The summed E-state index contributed by atoms with van der Waals surface area (Å²) in [6.07, 6.45) is 6.53. The molecular weight excluding hydrogens is 287 g/mol. The molecule has 22 heavy (non-hydrogen) atoms. The minimum absolute atomic E-state index is 0.673. The summed E-state index contributed by atoms with van der Waals surface area (Å²) in [4.78, 5) is 0. The molecule has 0 atom stereocenters. The van der Waals surface area contributed by atoms with E-state index in [-0.39, 0.29) is 0 Å². The van der Waals surface area contributed by atoms with Gasteiger partial charge in [0, 0.05) is 0 Å². The quantitative estimate of drug-likeness (QED) is 0.549. The molecule has 2 aromatic carbocycles. The van der Waals surface area contributed by atoms with Crippen molar-refractivity contribution in [3.8, 4) is 0 Å². The van der Waals surface area contributed by atoms with Crippen molar-refractivity contribution in [2.45, 2.75) is 0 Å². The second-order valence-corrected chi connectivity index (χ2v) is 8.96. The Hall–Kier alpha value is -1.95. The van der Waals surface area contributed by atoms with Gasteiger partial charge in [-0.15, -0.1) is 0 Å². The van der Waals surface area contributed by atoms with Crippen LogP contribution in [0.25, 0.3) is 0 Å². The van der Waals surface area contributed by atoms with Crippen LogP contribution in [0.15, 0.2) is 97.4 Å². The van der Waals surface area contributed by atoms with E-state index >= 15 is 0 Å². The summed E-state index contributed by atoms with van der Waals surface area (Å²) < 4.78 is 5.68. The van der Waals surface area contributed by atoms with Crippen molar-refractivity contribution in [2.75, 3.05) is 13.5 Å². The van der Waals surface area contributed by atoms with Crippen molar-refractivity contribution in [3.05, 3.63) is 97.4 Å². The monoisotopic (exact) mass is 310 g/mol. The van der Waals surface area contributed by atoms with Crippen LogP contribution in [0.3, 0.4) is 0 Å². The summed E-state index contributed by atoms with van der Waals surface area (Å²) in [5, 5.41) is 3.84. The standard InChI is InChI=1S/C20H23OP/c1-4-12-18(5-2)22(17-21-3,19-13-8-6-9-14-19)20-15-10-7-11-16-20/h4-16,22H,1-2,17H2,3H3/b18-12+. The Balaban J connectivity index is 2.78. The van der Waals surface area contributed by atoms with Gasteiger partial charge in [0.05, 0.1) is 0 Å². The molecule has 0 saturated heterocycles. The molecule has 0 aliphatic carbocycles. The number of hydrogen-bond donors (Lipinski definition) is 0. The Bertz CT molecular complexity index is 604. The predicted octanol–water partition coefficient (Wildman–Crippen LogP) is 4.25. The summed E-state index contributed by atoms with van der Waals surface area (Å²) in [6, 6.07) is 21.2. The first-order chi connectivity index (χ1) is 10.8. The first kappa shape index (κ1) is 16.4. The fourth-order valence-electron chi connectivity index (χ4n) is 2.92. The Kier molecular flexibility index (Phi) is 5.89. The molecule has 0 aliphatic rings. The van der Waals surface area contributed by atoms with E-state index < -0.39 is 7.26 Å². The van der Waals surface area contributed by atoms with Gasteiger partial charge in [-0.1, -0.05) is 0 Å². The molecular formula is C20H23OP. The number of methoxy groups -OCH3 is 1. The Morgan fingerprint density at radius 3 is 1.82 bits per heavy atom. The second-order valence-electron chi connectivity index (χ2n) is 5.13. The number of allylic oxidation sites excluding steroid dienone is 4. The normalized spacial score (nSPS) is 12.7. The van der Waals surface area contributed by atoms with Gasteiger partial charge in [0.2, 0.25) is 0 Å². The number of benzene rings is 2. The third kappa shape index (κ3) is 3.11. The molecule has 114 valence electrons. The Labute approximate surface area is 134 Å². The van der Waals surface area contributed by atoms with Gasteiger partial charge in [0.15, 0.2) is 0 Å². The third-order valence-electron chi connectivity index (χ3n) is 3.90. The fraction of sp³-hybridized carbons (Fsp3) is 0.100. The summed E-state index contributed by atoms with van der Waals surface area (Å²) in [5.41, 5.74) is 0. The van der Waals surface area contributed by atoms with Crippen LogP contribution < -0.4 is 10.6 Å². The van der Waals surface area contributed by atoms with Gasteiger partial charge >= 0.3 is 133 Å². The van der Waals surface area contributed by atoms with Gasteiger partial charge in [-0.3, -0.25) is 0 Å². The molecule has 0 spiro atoms. The van der Waals surface area contributed by atoms with E-state index in [2.05, 4.69) is 67.8 Å². The molecule has 0 bridgehead atoms. The molecule has 0 radical (unpaired) electrons. The van der Waals surface area contributed by atoms with E-state index in [4.69, 9.17) is 4.74 Å². The van der Waals surface area contributed by atoms with Crippen LogP contribution in [0.5, 0.6) is 0 Å². The molecule has 0 N–H and O–H groups in total. The zero-order valence-corrected chi connectivity index (χ0v) is 14.0. The van der Waals surface area contributed by atoms with Crippen LogP contribution in [0, 0.1) is 0 Å². The maximum atomic E-state index is 5.68. The number of rotatable bonds is 7. The summed E-state index contributed by atoms with van der Waals surface area (Å²) >= 11 is 0. The summed E-state index contributed by atoms with van der Waals surface area (Å²) in [5.74, 6) is 0. The topological polar surface area (TPSA) is 9.23 Å². The summed E-state index contributed by atoms with van der Waals surface area (Å²) in [6.45, 7) is 7.91. The first-order valence-corrected chi connectivity index (χ1v) is 9.56. The van der Waals surface area contributed by atoms with Crippen molar-refractivity contribution in [2.24, 2.45) is 0 Å². The third-order valence-corrected chi connectivity index (χ3v) is 8.62. The van der Waals surface area contributed by atoms with Crippen molar-refractivity contribution in [1.82, 2.24) is 0 Å². The molecule has 1 nitrogen and oxygen atoms in total. The van der Waals surface area contributed by atoms with Crippen LogP contribution in [0.2, 0.25) is 0 Å². The molecule has 2 rings (SSSR count). The Morgan fingerprint density at radius 2 is 1.45 bits per heavy atom. The van der Waals surface area contributed by atoms with E-state index in [0.29, 0.717) is 6.35 Å². The van der Waals surface area contributed by atoms with Gasteiger partial charge in [-0.05, 0) is 0 Å². The van der Waals surface area contributed by atoms with E-state index in [0.717, 1.165) is 0 Å². The molecule has 2 heteroatoms. The van der Waals surface area contributed by atoms with E-state index in [9.17, 15) is 0 Å². The van der Waals surface area contributed by atoms with Crippen molar-refractivity contribution in [1.29, 1.82) is 0 Å². The van der Waals surface area contributed by atoms with E-state index in [1.807, 2.05) is 24.3 Å². The molecule has 0 aromatic heterocycles. The van der Waals surface area contributed by atoms with Crippen LogP contribution in [-0.2, 0) is 4.74 Å². The van der Waals surface area contributed by atoms with Crippen molar-refractivity contribution < 1.29 is 4.74 Å². The van der Waals surface area contributed by atoms with Gasteiger partial charge in [0.25, 0.3) is 0 Å². The predicted molar refractivity (Wildman–Crippen MR) is 101 cm³/mol. The van der Waals surface area contributed by atoms with Crippen LogP contribution in [0.1, 0.15) is 0 Å². The number of ether oxygens (including phenoxy) is 1.